The lowest BCUT2D eigenvalue weighted by Crippen LogP contribution is -2.00. The van der Waals surface area contributed by atoms with Crippen LogP contribution in [0.4, 0.5) is 0 Å². The standard InChI is InChI=1S/C17H10Cl2N2O2/c18-14-7-5-11(6-8-14)17(22)23-20-10-13-9-12-3-1-2-4-15(12)21-16(13)19/h1-10H/b20-10+. The molecule has 6 heteroatoms. The first kappa shape index (κ1) is 15.5. The van der Waals surface area contributed by atoms with Gasteiger partial charge in [0, 0.05) is 16.0 Å². The number of benzene rings is 2. The second kappa shape index (κ2) is 6.77. The molecule has 2 aromatic carbocycles. The average molecular weight is 345 g/mol. The van der Waals surface area contributed by atoms with Crippen LogP contribution in [0.15, 0.2) is 59.8 Å². The summed E-state index contributed by atoms with van der Waals surface area (Å²) in [6.45, 7) is 0. The van der Waals surface area contributed by atoms with E-state index in [1.54, 1.807) is 24.3 Å². The molecule has 23 heavy (non-hydrogen) atoms. The van der Waals surface area contributed by atoms with E-state index in [1.165, 1.54) is 6.21 Å². The monoisotopic (exact) mass is 344 g/mol. The molecule has 0 radical (unpaired) electrons. The summed E-state index contributed by atoms with van der Waals surface area (Å²) in [5, 5.41) is 5.42. The Hall–Kier alpha value is -2.43. The molecule has 4 nitrogen and oxygen atoms in total. The van der Waals surface area contributed by atoms with Crippen molar-refractivity contribution in [3.63, 3.8) is 0 Å². The zero-order chi connectivity index (χ0) is 16.2. The van der Waals surface area contributed by atoms with Crippen LogP contribution in [0.5, 0.6) is 0 Å². The number of aromatic nitrogens is 1. The molecule has 0 bridgehead atoms. The summed E-state index contributed by atoms with van der Waals surface area (Å²) >= 11 is 11.9. The molecule has 114 valence electrons. The predicted molar refractivity (Wildman–Crippen MR) is 91.2 cm³/mol. The Morgan fingerprint density at radius 2 is 1.83 bits per heavy atom. The van der Waals surface area contributed by atoms with Crippen molar-refractivity contribution in [1.29, 1.82) is 0 Å². The first-order chi connectivity index (χ1) is 11.1. The minimum atomic E-state index is -0.581. The van der Waals surface area contributed by atoms with Crippen molar-refractivity contribution >= 4 is 46.3 Å². The molecule has 0 atom stereocenters. The molecule has 3 rings (SSSR count). The van der Waals surface area contributed by atoms with Crippen LogP contribution in [-0.4, -0.2) is 17.2 Å². The summed E-state index contributed by atoms with van der Waals surface area (Å²) in [7, 11) is 0. The lowest BCUT2D eigenvalue weighted by molar-refractivity contribution is 0.0519. The summed E-state index contributed by atoms with van der Waals surface area (Å²) in [5.74, 6) is -0.581. The quantitative estimate of drug-likeness (QED) is 0.298. The third-order valence-electron chi connectivity index (χ3n) is 3.11. The van der Waals surface area contributed by atoms with Crippen molar-refractivity contribution < 1.29 is 9.63 Å². The number of carbonyl (C=O) groups is 1. The fraction of sp³-hybridized carbons (Fsp3) is 0. The molecule has 0 amide bonds. The largest absolute Gasteiger partial charge is 0.365 e. The van der Waals surface area contributed by atoms with E-state index in [0.717, 1.165) is 10.9 Å². The summed E-state index contributed by atoms with van der Waals surface area (Å²) < 4.78 is 0. The van der Waals surface area contributed by atoms with Crippen LogP contribution in [0.25, 0.3) is 10.9 Å². The third-order valence-corrected chi connectivity index (χ3v) is 3.67. The molecule has 0 unspecified atom stereocenters. The molecule has 0 saturated heterocycles. The van der Waals surface area contributed by atoms with Gasteiger partial charge < -0.3 is 4.84 Å². The molecular formula is C17H10Cl2N2O2. The number of carbonyl (C=O) groups excluding carboxylic acids is 1. The number of hydrogen-bond acceptors (Lipinski definition) is 4. The Bertz CT molecular complexity index is 893. The molecule has 3 aromatic rings. The minimum absolute atomic E-state index is 0.287. The van der Waals surface area contributed by atoms with E-state index in [1.807, 2.05) is 30.3 Å². The maximum absolute atomic E-state index is 11.8. The highest BCUT2D eigenvalue weighted by Gasteiger charge is 2.07. The minimum Gasteiger partial charge on any atom is -0.313 e. The van der Waals surface area contributed by atoms with Gasteiger partial charge in [-0.25, -0.2) is 9.78 Å². The Morgan fingerprint density at radius 1 is 1.09 bits per heavy atom. The van der Waals surface area contributed by atoms with E-state index < -0.39 is 5.97 Å². The SMILES string of the molecule is O=C(O/N=C/c1cc2ccccc2nc1Cl)c1ccc(Cl)cc1. The van der Waals surface area contributed by atoms with E-state index >= 15 is 0 Å². The molecule has 1 heterocycles. The maximum Gasteiger partial charge on any atom is 0.365 e. The molecule has 0 N–H and O–H groups in total. The second-order valence-electron chi connectivity index (χ2n) is 4.68. The van der Waals surface area contributed by atoms with Crippen LogP contribution < -0.4 is 0 Å². The van der Waals surface area contributed by atoms with Gasteiger partial charge in [0.1, 0.15) is 5.15 Å². The van der Waals surface area contributed by atoms with Gasteiger partial charge in [-0.05, 0) is 36.4 Å². The number of hydrogen-bond donors (Lipinski definition) is 0. The highest BCUT2D eigenvalue weighted by Crippen LogP contribution is 2.19. The number of oxime groups is 1. The molecule has 0 aliphatic carbocycles. The molecule has 0 aliphatic rings. The van der Waals surface area contributed by atoms with Crippen molar-refractivity contribution in [1.82, 2.24) is 4.98 Å². The van der Waals surface area contributed by atoms with E-state index in [-0.39, 0.29) is 5.15 Å². The smallest absolute Gasteiger partial charge is 0.313 e. The first-order valence-electron chi connectivity index (χ1n) is 6.69. The van der Waals surface area contributed by atoms with Gasteiger partial charge in [-0.2, -0.15) is 0 Å². The number of rotatable bonds is 3. The second-order valence-corrected chi connectivity index (χ2v) is 5.48. The van der Waals surface area contributed by atoms with Gasteiger partial charge in [0.15, 0.2) is 0 Å². The fourth-order valence-electron chi connectivity index (χ4n) is 1.97. The lowest BCUT2D eigenvalue weighted by Gasteiger charge is -2.01. The summed E-state index contributed by atoms with van der Waals surface area (Å²) in [6, 6.07) is 15.7. The Balaban J connectivity index is 1.76. The molecule has 1 aromatic heterocycles. The molecule has 0 spiro atoms. The van der Waals surface area contributed by atoms with Crippen LogP contribution in [0, 0.1) is 0 Å². The van der Waals surface area contributed by atoms with Gasteiger partial charge in [0.2, 0.25) is 0 Å². The Kier molecular flexibility index (Phi) is 4.55. The fourth-order valence-corrected chi connectivity index (χ4v) is 2.29. The van der Waals surface area contributed by atoms with Crippen LogP contribution in [0.3, 0.4) is 0 Å². The summed E-state index contributed by atoms with van der Waals surface area (Å²) in [6.07, 6.45) is 1.36. The van der Waals surface area contributed by atoms with Crippen molar-refractivity contribution in [2.75, 3.05) is 0 Å². The molecule has 0 aliphatic heterocycles. The first-order valence-corrected chi connectivity index (χ1v) is 7.44. The third kappa shape index (κ3) is 3.67. The number of nitrogens with zero attached hydrogens (tertiary/aromatic N) is 2. The highest BCUT2D eigenvalue weighted by atomic mass is 35.5. The zero-order valence-electron chi connectivity index (χ0n) is 11.7. The van der Waals surface area contributed by atoms with E-state index in [0.29, 0.717) is 16.1 Å². The van der Waals surface area contributed by atoms with Gasteiger partial charge >= 0.3 is 5.97 Å². The van der Waals surface area contributed by atoms with Crippen LogP contribution in [0.2, 0.25) is 10.2 Å². The normalized spacial score (nSPS) is 11.0. The zero-order valence-corrected chi connectivity index (χ0v) is 13.3. The topological polar surface area (TPSA) is 51.5 Å². The van der Waals surface area contributed by atoms with Gasteiger partial charge in [0.25, 0.3) is 0 Å². The Morgan fingerprint density at radius 3 is 2.61 bits per heavy atom. The number of para-hydroxylation sites is 1. The average Bonchev–Trinajstić information content (AvgIpc) is 2.56. The van der Waals surface area contributed by atoms with Crippen LogP contribution in [0.1, 0.15) is 15.9 Å². The molecular weight excluding hydrogens is 335 g/mol. The van der Waals surface area contributed by atoms with Crippen LogP contribution in [-0.2, 0) is 4.84 Å². The van der Waals surface area contributed by atoms with E-state index in [4.69, 9.17) is 28.0 Å². The maximum atomic E-state index is 11.8. The van der Waals surface area contributed by atoms with Gasteiger partial charge in [-0.15, -0.1) is 0 Å². The lowest BCUT2D eigenvalue weighted by atomic mass is 10.2. The van der Waals surface area contributed by atoms with E-state index in [2.05, 4.69) is 10.1 Å². The van der Waals surface area contributed by atoms with Crippen LogP contribution >= 0.6 is 23.2 Å². The van der Waals surface area contributed by atoms with Gasteiger partial charge in [-0.1, -0.05) is 46.6 Å². The van der Waals surface area contributed by atoms with Crippen molar-refractivity contribution in [3.05, 3.63) is 75.9 Å². The van der Waals surface area contributed by atoms with Crippen molar-refractivity contribution in [3.8, 4) is 0 Å². The number of fused-ring (bicyclic) bond motifs is 1. The van der Waals surface area contributed by atoms with Crippen molar-refractivity contribution in [2.24, 2.45) is 5.16 Å². The Labute approximate surface area is 142 Å². The van der Waals surface area contributed by atoms with Gasteiger partial charge in [0.05, 0.1) is 17.3 Å². The van der Waals surface area contributed by atoms with Crippen molar-refractivity contribution in [2.45, 2.75) is 0 Å². The van der Waals surface area contributed by atoms with Gasteiger partial charge in [-0.3, -0.25) is 0 Å². The van der Waals surface area contributed by atoms with E-state index in [9.17, 15) is 4.79 Å². The summed E-state index contributed by atoms with van der Waals surface area (Å²) in [5.41, 5.74) is 1.70. The molecule has 0 fully saturated rings. The number of pyridine rings is 1. The summed E-state index contributed by atoms with van der Waals surface area (Å²) in [4.78, 5) is 20.9. The molecule has 0 saturated carbocycles. The highest BCUT2D eigenvalue weighted by molar-refractivity contribution is 6.32. The number of halogens is 2. The predicted octanol–water partition coefficient (Wildman–Crippen LogP) is 4.73.